The number of carbonyl (C=O) groups is 2. The number of hydrogen-bond acceptors (Lipinski definition) is 5. The minimum absolute atomic E-state index is 0.302. The Kier molecular flexibility index (Phi) is 6.17. The predicted molar refractivity (Wildman–Crippen MR) is 124 cm³/mol. The lowest BCUT2D eigenvalue weighted by Crippen LogP contribution is -2.45. The second kappa shape index (κ2) is 9.20. The minimum atomic E-state index is -0.737. The molecule has 2 N–H and O–H groups in total. The lowest BCUT2D eigenvalue weighted by Gasteiger charge is -2.28. The highest BCUT2D eigenvalue weighted by Gasteiger charge is 2.35. The number of aromatic nitrogens is 2. The van der Waals surface area contributed by atoms with E-state index in [1.807, 2.05) is 60.8 Å². The molecule has 1 atom stereocenters. The minimum Gasteiger partial charge on any atom is -0.497 e. The van der Waals surface area contributed by atoms with E-state index in [1.165, 1.54) is 0 Å². The molecule has 0 saturated heterocycles. The van der Waals surface area contributed by atoms with Gasteiger partial charge in [-0.05, 0) is 57.2 Å². The van der Waals surface area contributed by atoms with Crippen molar-refractivity contribution < 1.29 is 19.1 Å². The average molecular weight is 447 g/mol. The van der Waals surface area contributed by atoms with Gasteiger partial charge in [-0.15, -0.1) is 0 Å². The highest BCUT2D eigenvalue weighted by Crippen LogP contribution is 2.35. The van der Waals surface area contributed by atoms with Gasteiger partial charge in [-0.1, -0.05) is 18.2 Å². The monoisotopic (exact) mass is 446 g/mol. The molecule has 1 aliphatic rings. The first-order chi connectivity index (χ1) is 15.9. The predicted octanol–water partition coefficient (Wildman–Crippen LogP) is 4.13. The van der Waals surface area contributed by atoms with Crippen LogP contribution in [0.3, 0.4) is 0 Å². The molecule has 1 aromatic heterocycles. The number of rotatable bonds is 6. The Morgan fingerprint density at radius 3 is 2.42 bits per heavy atom. The number of nitrogens with one attached hydrogen (secondary N) is 2. The van der Waals surface area contributed by atoms with Crippen molar-refractivity contribution in [3.8, 4) is 22.7 Å². The molecule has 33 heavy (non-hydrogen) atoms. The first-order valence-corrected chi connectivity index (χ1v) is 10.7. The Hall–Kier alpha value is -4.07. The van der Waals surface area contributed by atoms with Crippen molar-refractivity contribution in [1.29, 1.82) is 0 Å². The molecule has 2 aromatic carbocycles. The van der Waals surface area contributed by atoms with Crippen molar-refractivity contribution in [1.82, 2.24) is 20.4 Å². The second-order valence-corrected chi connectivity index (χ2v) is 7.97. The van der Waals surface area contributed by atoms with Crippen LogP contribution in [0.25, 0.3) is 16.9 Å². The Balaban J connectivity index is 1.88. The maximum Gasteiger partial charge on any atom is 0.338 e. The third-order valence-corrected chi connectivity index (χ3v) is 5.27. The number of hydrogen-bond donors (Lipinski definition) is 2. The molecule has 4 rings (SSSR count). The summed E-state index contributed by atoms with van der Waals surface area (Å²) in [7, 11) is 1.61. The lowest BCUT2D eigenvalue weighted by molar-refractivity contribution is -0.143. The van der Waals surface area contributed by atoms with Gasteiger partial charge in [0, 0.05) is 23.0 Å². The molecule has 1 aliphatic heterocycles. The maximum atomic E-state index is 13.0. The van der Waals surface area contributed by atoms with Crippen molar-refractivity contribution in [2.75, 3.05) is 7.11 Å². The molecule has 8 heteroatoms. The number of amides is 2. The highest BCUT2D eigenvalue weighted by atomic mass is 16.5. The van der Waals surface area contributed by atoms with Crippen molar-refractivity contribution in [2.45, 2.75) is 32.9 Å². The molecule has 2 amide bonds. The molecule has 0 aliphatic carbocycles. The topological polar surface area (TPSA) is 94.5 Å². The normalized spacial score (nSPS) is 15.8. The van der Waals surface area contributed by atoms with Gasteiger partial charge in [-0.25, -0.2) is 14.3 Å². The van der Waals surface area contributed by atoms with Crippen molar-refractivity contribution in [3.63, 3.8) is 0 Å². The first kappa shape index (κ1) is 22.1. The van der Waals surface area contributed by atoms with Gasteiger partial charge in [0.05, 0.1) is 36.2 Å². The van der Waals surface area contributed by atoms with E-state index in [1.54, 1.807) is 32.6 Å². The summed E-state index contributed by atoms with van der Waals surface area (Å²) in [4.78, 5) is 25.4. The van der Waals surface area contributed by atoms with E-state index in [0.29, 0.717) is 22.5 Å². The molecule has 170 valence electrons. The Labute approximate surface area is 192 Å². The molecule has 0 bridgehead atoms. The number of carbonyl (C=O) groups excluding carboxylic acids is 2. The number of ether oxygens (including phenoxy) is 2. The van der Waals surface area contributed by atoms with Crippen molar-refractivity contribution >= 4 is 12.0 Å². The molecule has 0 radical (unpaired) electrons. The molecule has 2 heterocycles. The maximum absolute atomic E-state index is 13.0. The van der Waals surface area contributed by atoms with Crippen molar-refractivity contribution in [3.05, 3.63) is 77.6 Å². The van der Waals surface area contributed by atoms with E-state index in [-0.39, 0.29) is 6.10 Å². The van der Waals surface area contributed by atoms with Crippen LogP contribution in [0.15, 0.2) is 72.1 Å². The average Bonchev–Trinajstić information content (AvgIpc) is 3.24. The summed E-state index contributed by atoms with van der Waals surface area (Å²) < 4.78 is 12.5. The van der Waals surface area contributed by atoms with Crippen molar-refractivity contribution in [2.24, 2.45) is 0 Å². The van der Waals surface area contributed by atoms with E-state index >= 15 is 0 Å². The molecule has 0 fully saturated rings. The van der Waals surface area contributed by atoms with E-state index < -0.39 is 18.0 Å². The van der Waals surface area contributed by atoms with Gasteiger partial charge >= 0.3 is 12.0 Å². The largest absolute Gasteiger partial charge is 0.497 e. The summed E-state index contributed by atoms with van der Waals surface area (Å²) in [5, 5.41) is 10.4. The summed E-state index contributed by atoms with van der Waals surface area (Å²) in [6, 6.07) is 16.0. The van der Waals surface area contributed by atoms with Crippen LogP contribution in [-0.2, 0) is 9.53 Å². The molecule has 8 nitrogen and oxygen atoms in total. The number of allylic oxidation sites excluding steroid dienone is 1. The van der Waals surface area contributed by atoms with Crippen LogP contribution >= 0.6 is 0 Å². The molecule has 3 aromatic rings. The van der Waals surface area contributed by atoms with Crippen LogP contribution < -0.4 is 15.4 Å². The van der Waals surface area contributed by atoms with E-state index in [0.717, 1.165) is 17.0 Å². The van der Waals surface area contributed by atoms with Gasteiger partial charge < -0.3 is 20.1 Å². The first-order valence-electron chi connectivity index (χ1n) is 10.7. The Morgan fingerprint density at radius 2 is 1.79 bits per heavy atom. The quantitative estimate of drug-likeness (QED) is 0.556. The zero-order chi connectivity index (χ0) is 23.5. The molecule has 0 unspecified atom stereocenters. The molecule has 0 spiro atoms. The fourth-order valence-electron chi connectivity index (χ4n) is 3.76. The Morgan fingerprint density at radius 1 is 1.09 bits per heavy atom. The SMILES string of the molecule is COc1ccc(-c2nn(-c3ccccc3)cc2[C@H]2NC(=O)NC(C)=C2C(=O)OC(C)C)cc1. The number of methoxy groups -OCH3 is 1. The lowest BCUT2D eigenvalue weighted by atomic mass is 9.93. The number of urea groups is 1. The van der Waals surface area contributed by atoms with Crippen LogP contribution in [0, 0.1) is 0 Å². The Bertz CT molecular complexity index is 1200. The summed E-state index contributed by atoms with van der Waals surface area (Å²) in [6.45, 7) is 5.26. The van der Waals surface area contributed by atoms with Gasteiger partial charge in [0.25, 0.3) is 0 Å². The number of esters is 1. The third-order valence-electron chi connectivity index (χ3n) is 5.27. The van der Waals surface area contributed by atoms with Crippen LogP contribution in [-0.4, -0.2) is 35.0 Å². The van der Waals surface area contributed by atoms with Crippen LogP contribution in [0.5, 0.6) is 5.75 Å². The summed E-state index contributed by atoms with van der Waals surface area (Å²) in [5.74, 6) is 0.225. The van der Waals surface area contributed by atoms with E-state index in [4.69, 9.17) is 14.6 Å². The van der Waals surface area contributed by atoms with E-state index in [9.17, 15) is 9.59 Å². The van der Waals surface area contributed by atoms with E-state index in [2.05, 4.69) is 10.6 Å². The highest BCUT2D eigenvalue weighted by molar-refractivity contribution is 5.95. The standard InChI is InChI=1S/C25H26N4O4/c1-15(2)33-24(30)21-16(3)26-25(31)27-23(21)20-14-29(18-8-6-5-7-9-18)28-22(20)17-10-12-19(32-4)13-11-17/h5-15,23H,1-4H3,(H2,26,27,31)/t23-/m1/s1. The number of nitrogens with zero attached hydrogens (tertiary/aromatic N) is 2. The van der Waals surface area contributed by atoms with Gasteiger partial charge in [0.2, 0.25) is 0 Å². The third kappa shape index (κ3) is 4.59. The van der Waals surface area contributed by atoms with Gasteiger partial charge in [-0.3, -0.25) is 0 Å². The van der Waals surface area contributed by atoms with Crippen LogP contribution in [0.1, 0.15) is 32.4 Å². The van der Waals surface area contributed by atoms with Gasteiger partial charge in [0.15, 0.2) is 0 Å². The fourth-order valence-corrected chi connectivity index (χ4v) is 3.76. The zero-order valence-electron chi connectivity index (χ0n) is 19.0. The molecular weight excluding hydrogens is 420 g/mol. The van der Waals surface area contributed by atoms with Gasteiger partial charge in [0.1, 0.15) is 5.75 Å². The second-order valence-electron chi connectivity index (χ2n) is 7.97. The van der Waals surface area contributed by atoms with Crippen LogP contribution in [0.2, 0.25) is 0 Å². The molecule has 0 saturated carbocycles. The smallest absolute Gasteiger partial charge is 0.338 e. The molecular formula is C25H26N4O4. The zero-order valence-corrected chi connectivity index (χ0v) is 19.0. The summed E-state index contributed by atoms with van der Waals surface area (Å²) in [5.41, 5.74) is 3.77. The summed E-state index contributed by atoms with van der Waals surface area (Å²) >= 11 is 0. The van der Waals surface area contributed by atoms with Crippen LogP contribution in [0.4, 0.5) is 4.79 Å². The number of para-hydroxylation sites is 1. The van der Waals surface area contributed by atoms with Gasteiger partial charge in [-0.2, -0.15) is 5.10 Å². The fraction of sp³-hybridized carbons (Fsp3) is 0.240. The summed E-state index contributed by atoms with van der Waals surface area (Å²) in [6.07, 6.45) is 1.53. The number of benzene rings is 2.